The number of nitro groups is 1. The summed E-state index contributed by atoms with van der Waals surface area (Å²) >= 11 is 0. The van der Waals surface area contributed by atoms with Crippen molar-refractivity contribution in [2.75, 3.05) is 14.2 Å². The van der Waals surface area contributed by atoms with Crippen molar-refractivity contribution < 1.29 is 24.0 Å². The predicted octanol–water partition coefficient (Wildman–Crippen LogP) is 2.74. The van der Waals surface area contributed by atoms with E-state index < -0.39 is 28.0 Å². The summed E-state index contributed by atoms with van der Waals surface area (Å²) in [7, 11) is 2.53. The number of hydrogen-bond acceptors (Lipinski definition) is 8. The van der Waals surface area contributed by atoms with Gasteiger partial charge in [-0.05, 0) is 41.5 Å². The van der Waals surface area contributed by atoms with E-state index in [4.69, 9.17) is 0 Å². The maximum absolute atomic E-state index is 13.2. The van der Waals surface area contributed by atoms with E-state index in [1.165, 1.54) is 53.7 Å². The molecule has 1 heterocycles. The summed E-state index contributed by atoms with van der Waals surface area (Å²) in [5.41, 5.74) is 0.457. The number of hydrogen-bond donors (Lipinski definition) is 0. The van der Waals surface area contributed by atoms with E-state index in [1.807, 2.05) is 0 Å². The zero-order valence-electron chi connectivity index (χ0n) is 19.9. The number of methoxy groups -OCH3 is 2. The molecule has 0 saturated carbocycles. The average Bonchev–Trinajstić information content (AvgIpc) is 2.92. The number of nitro benzene ring substituents is 1. The van der Waals surface area contributed by atoms with Gasteiger partial charge in [0.25, 0.3) is 5.69 Å². The number of aromatic nitrogens is 2. The standard InChI is InChI=1S/C26H21N3O8/c1-36-25(32)18-7-3-16(4-8-18)14-27-21-12-11-20(29(34)35)13-22(21)28(24(31)23(27)30)15-17-5-9-19(10-6-17)26(33)37-2/h3-13H,14-15H2,1-2H3. The van der Waals surface area contributed by atoms with Gasteiger partial charge in [0.05, 0.1) is 54.4 Å². The molecular weight excluding hydrogens is 482 g/mol. The molecule has 0 aliphatic carbocycles. The fraction of sp³-hybridized carbons (Fsp3) is 0.154. The van der Waals surface area contributed by atoms with Crippen LogP contribution in [0.4, 0.5) is 5.69 Å². The largest absolute Gasteiger partial charge is 0.465 e. The summed E-state index contributed by atoms with van der Waals surface area (Å²) in [6.45, 7) is -0.0552. The second-order valence-electron chi connectivity index (χ2n) is 8.09. The Bertz CT molecular complexity index is 1630. The molecular formula is C26H21N3O8. The summed E-state index contributed by atoms with van der Waals surface area (Å²) in [6, 6.07) is 16.5. The first-order valence-electron chi connectivity index (χ1n) is 11.0. The monoisotopic (exact) mass is 503 g/mol. The molecule has 1 aromatic heterocycles. The Labute approximate surface area is 209 Å². The fourth-order valence-electron chi connectivity index (χ4n) is 3.93. The third kappa shape index (κ3) is 5.01. The Hall–Kier alpha value is -5.06. The van der Waals surface area contributed by atoms with Gasteiger partial charge in [-0.2, -0.15) is 0 Å². The predicted molar refractivity (Wildman–Crippen MR) is 133 cm³/mol. The van der Waals surface area contributed by atoms with Gasteiger partial charge in [-0.25, -0.2) is 9.59 Å². The van der Waals surface area contributed by atoms with Crippen LogP contribution in [0.3, 0.4) is 0 Å². The van der Waals surface area contributed by atoms with E-state index in [0.29, 0.717) is 27.8 Å². The molecule has 0 saturated heterocycles. The summed E-state index contributed by atoms with van der Waals surface area (Å²) < 4.78 is 11.8. The fourth-order valence-corrected chi connectivity index (χ4v) is 3.93. The molecule has 4 aromatic rings. The minimum atomic E-state index is -0.865. The highest BCUT2D eigenvalue weighted by Crippen LogP contribution is 2.21. The SMILES string of the molecule is COC(=O)c1ccc(Cn2c(=O)c(=O)n(Cc3ccc(C(=O)OC)cc3)c3cc([N+](=O)[O-])ccc32)cc1. The maximum atomic E-state index is 13.2. The van der Waals surface area contributed by atoms with Gasteiger partial charge < -0.3 is 9.47 Å². The lowest BCUT2D eigenvalue weighted by atomic mass is 10.1. The highest BCUT2D eigenvalue weighted by atomic mass is 16.6. The Balaban J connectivity index is 1.82. The molecule has 37 heavy (non-hydrogen) atoms. The van der Waals surface area contributed by atoms with Crippen molar-refractivity contribution in [3.63, 3.8) is 0 Å². The van der Waals surface area contributed by atoms with Crippen LogP contribution < -0.4 is 11.1 Å². The van der Waals surface area contributed by atoms with Crippen molar-refractivity contribution in [2.45, 2.75) is 13.1 Å². The van der Waals surface area contributed by atoms with Crippen molar-refractivity contribution in [1.29, 1.82) is 0 Å². The van der Waals surface area contributed by atoms with Gasteiger partial charge in [-0.15, -0.1) is 0 Å². The van der Waals surface area contributed by atoms with Crippen LogP contribution in [0.1, 0.15) is 31.8 Å². The Morgan fingerprint density at radius 2 is 1.16 bits per heavy atom. The maximum Gasteiger partial charge on any atom is 0.337 e. The minimum Gasteiger partial charge on any atom is -0.465 e. The lowest BCUT2D eigenvalue weighted by Gasteiger charge is -2.15. The van der Waals surface area contributed by atoms with Gasteiger partial charge in [0.2, 0.25) is 0 Å². The highest BCUT2D eigenvalue weighted by Gasteiger charge is 2.18. The number of benzene rings is 3. The molecule has 0 N–H and O–H groups in total. The van der Waals surface area contributed by atoms with Crippen molar-refractivity contribution in [3.8, 4) is 0 Å². The van der Waals surface area contributed by atoms with Crippen LogP contribution in [0.2, 0.25) is 0 Å². The Morgan fingerprint density at radius 3 is 1.57 bits per heavy atom. The Kier molecular flexibility index (Phi) is 6.96. The molecule has 0 amide bonds. The van der Waals surface area contributed by atoms with E-state index in [2.05, 4.69) is 9.47 Å². The number of rotatable bonds is 7. The molecule has 0 spiro atoms. The van der Waals surface area contributed by atoms with E-state index in [1.54, 1.807) is 36.4 Å². The summed E-state index contributed by atoms with van der Waals surface area (Å²) in [5.74, 6) is -1.03. The third-order valence-electron chi connectivity index (χ3n) is 5.86. The van der Waals surface area contributed by atoms with Gasteiger partial charge in [-0.3, -0.25) is 28.8 Å². The molecule has 0 unspecified atom stereocenters. The number of esters is 2. The molecule has 0 atom stereocenters. The first-order chi connectivity index (χ1) is 17.7. The molecule has 3 aromatic carbocycles. The van der Waals surface area contributed by atoms with Crippen LogP contribution in [-0.2, 0) is 22.6 Å². The van der Waals surface area contributed by atoms with Crippen molar-refractivity contribution in [2.24, 2.45) is 0 Å². The van der Waals surface area contributed by atoms with Crippen LogP contribution in [-0.4, -0.2) is 40.2 Å². The van der Waals surface area contributed by atoms with Crippen LogP contribution in [0.15, 0.2) is 76.3 Å². The van der Waals surface area contributed by atoms with Gasteiger partial charge in [0.15, 0.2) is 0 Å². The second kappa shape index (κ2) is 10.3. The first-order valence-corrected chi connectivity index (χ1v) is 11.0. The average molecular weight is 503 g/mol. The van der Waals surface area contributed by atoms with E-state index in [9.17, 15) is 29.3 Å². The van der Waals surface area contributed by atoms with E-state index in [-0.39, 0.29) is 24.3 Å². The lowest BCUT2D eigenvalue weighted by Crippen LogP contribution is -2.42. The number of carbonyl (C=O) groups is 2. The molecule has 0 radical (unpaired) electrons. The number of carbonyl (C=O) groups excluding carboxylic acids is 2. The van der Waals surface area contributed by atoms with Crippen molar-refractivity contribution in [3.05, 3.63) is 120 Å². The first kappa shape index (κ1) is 25.0. The number of ether oxygens (including phenoxy) is 2. The van der Waals surface area contributed by atoms with Gasteiger partial charge in [0.1, 0.15) is 0 Å². The second-order valence-corrected chi connectivity index (χ2v) is 8.09. The quantitative estimate of drug-likeness (QED) is 0.162. The third-order valence-corrected chi connectivity index (χ3v) is 5.86. The molecule has 0 bridgehead atoms. The summed E-state index contributed by atoms with van der Waals surface area (Å²) in [5, 5.41) is 11.5. The van der Waals surface area contributed by atoms with Gasteiger partial charge in [0, 0.05) is 12.1 Å². The Morgan fingerprint density at radius 1 is 0.730 bits per heavy atom. The summed E-state index contributed by atoms with van der Waals surface area (Å²) in [6.07, 6.45) is 0. The molecule has 4 rings (SSSR count). The zero-order valence-corrected chi connectivity index (χ0v) is 19.9. The van der Waals surface area contributed by atoms with Gasteiger partial charge >= 0.3 is 23.1 Å². The van der Waals surface area contributed by atoms with Crippen molar-refractivity contribution >= 4 is 28.7 Å². The molecule has 0 fully saturated rings. The lowest BCUT2D eigenvalue weighted by molar-refractivity contribution is -0.384. The molecule has 11 heteroatoms. The zero-order chi connectivity index (χ0) is 26.7. The van der Waals surface area contributed by atoms with Crippen LogP contribution >= 0.6 is 0 Å². The topological polar surface area (TPSA) is 140 Å². The van der Waals surface area contributed by atoms with Gasteiger partial charge in [-0.1, -0.05) is 24.3 Å². The van der Waals surface area contributed by atoms with E-state index in [0.717, 1.165) is 0 Å². The number of nitrogens with zero attached hydrogens (tertiary/aromatic N) is 3. The van der Waals surface area contributed by atoms with Crippen LogP contribution in [0.25, 0.3) is 11.0 Å². The van der Waals surface area contributed by atoms with E-state index >= 15 is 0 Å². The van der Waals surface area contributed by atoms with Crippen LogP contribution in [0.5, 0.6) is 0 Å². The highest BCUT2D eigenvalue weighted by molar-refractivity contribution is 5.89. The van der Waals surface area contributed by atoms with Crippen LogP contribution in [0, 0.1) is 10.1 Å². The smallest absolute Gasteiger partial charge is 0.337 e. The van der Waals surface area contributed by atoms with Crippen molar-refractivity contribution in [1.82, 2.24) is 9.13 Å². The molecule has 0 aliphatic rings. The normalized spacial score (nSPS) is 10.8. The molecule has 11 nitrogen and oxygen atoms in total. The number of fused-ring (bicyclic) bond motifs is 1. The minimum absolute atomic E-state index is 0.00148. The molecule has 0 aliphatic heterocycles. The number of non-ortho nitro benzene ring substituents is 1. The summed E-state index contributed by atoms with van der Waals surface area (Å²) in [4.78, 5) is 60.7. The molecule has 188 valence electrons.